The number of benzene rings is 3. The van der Waals surface area contributed by atoms with Crippen LogP contribution in [0.4, 0.5) is 17.6 Å². The molecule has 240 valence electrons. The number of halogens is 4. The molecule has 1 aliphatic heterocycles. The SMILES string of the molecule is Cc1c(O)cccc1C(=O)NC(Cc1ccccc1)C(O)C(=O)N1CSC(C)(C)C1C(=O)NCc1cc(F)ccc1C(F)(F)F. The number of hydrogen-bond donors (Lipinski definition) is 4. The Balaban J connectivity index is 1.57. The summed E-state index contributed by atoms with van der Waals surface area (Å²) in [6, 6.07) is 12.8. The molecular weight excluding hydrogens is 614 g/mol. The molecule has 45 heavy (non-hydrogen) atoms. The molecule has 8 nitrogen and oxygen atoms in total. The standard InChI is InChI=1S/C32H33F4N3O5S/c1-18-22(10-7-11-25(18)40)28(42)38-24(14-19-8-5-4-6-9-19)26(41)30(44)39-17-45-31(2,3)27(39)29(43)37-16-20-15-21(33)12-13-23(20)32(34,35)36/h4-13,15,24,26-27,40-41H,14,16-17H2,1-3H3,(H,37,43)(H,38,42). The van der Waals surface area contributed by atoms with Crippen LogP contribution in [0.2, 0.25) is 0 Å². The van der Waals surface area contributed by atoms with Crippen LogP contribution in [-0.4, -0.2) is 61.6 Å². The molecule has 3 aromatic rings. The molecule has 0 aliphatic carbocycles. The Bertz CT molecular complexity index is 1570. The number of aliphatic hydroxyl groups is 1. The van der Waals surface area contributed by atoms with Crippen molar-refractivity contribution in [3.05, 3.63) is 100 Å². The molecule has 0 saturated carbocycles. The van der Waals surface area contributed by atoms with Crippen molar-refractivity contribution in [1.82, 2.24) is 15.5 Å². The maximum Gasteiger partial charge on any atom is 0.416 e. The average Bonchev–Trinajstić information content (AvgIpc) is 3.30. The summed E-state index contributed by atoms with van der Waals surface area (Å²) in [5.41, 5.74) is -0.448. The van der Waals surface area contributed by atoms with Gasteiger partial charge in [-0.2, -0.15) is 13.2 Å². The number of phenols is 1. The van der Waals surface area contributed by atoms with Crippen molar-refractivity contribution in [3.63, 3.8) is 0 Å². The molecule has 1 fully saturated rings. The van der Waals surface area contributed by atoms with Gasteiger partial charge < -0.3 is 25.7 Å². The second-order valence-electron chi connectivity index (χ2n) is 11.3. The highest BCUT2D eigenvalue weighted by molar-refractivity contribution is 8.00. The van der Waals surface area contributed by atoms with Crippen molar-refractivity contribution in [1.29, 1.82) is 0 Å². The fraction of sp³-hybridized carbons (Fsp3) is 0.344. The lowest BCUT2D eigenvalue weighted by Gasteiger charge is -2.33. The van der Waals surface area contributed by atoms with Gasteiger partial charge in [0.25, 0.3) is 11.8 Å². The number of aliphatic hydroxyl groups excluding tert-OH is 1. The number of nitrogens with one attached hydrogen (secondary N) is 2. The van der Waals surface area contributed by atoms with Gasteiger partial charge in [-0.25, -0.2) is 4.39 Å². The largest absolute Gasteiger partial charge is 0.508 e. The quantitative estimate of drug-likeness (QED) is 0.253. The number of rotatable bonds is 9. The van der Waals surface area contributed by atoms with Crippen LogP contribution in [0, 0.1) is 12.7 Å². The van der Waals surface area contributed by atoms with Crippen LogP contribution < -0.4 is 10.6 Å². The molecule has 1 saturated heterocycles. The van der Waals surface area contributed by atoms with Gasteiger partial charge in [-0.1, -0.05) is 36.4 Å². The molecular formula is C32H33F4N3O5S. The molecule has 0 spiro atoms. The van der Waals surface area contributed by atoms with Crippen LogP contribution in [0.15, 0.2) is 66.7 Å². The zero-order chi connectivity index (χ0) is 33.1. The zero-order valence-electron chi connectivity index (χ0n) is 24.7. The molecule has 1 aliphatic rings. The summed E-state index contributed by atoms with van der Waals surface area (Å²) in [5.74, 6) is -3.34. The summed E-state index contributed by atoms with van der Waals surface area (Å²) in [6.45, 7) is 4.26. The van der Waals surface area contributed by atoms with Crippen molar-refractivity contribution in [3.8, 4) is 5.75 Å². The van der Waals surface area contributed by atoms with E-state index in [2.05, 4.69) is 10.6 Å². The van der Waals surface area contributed by atoms with E-state index in [1.807, 2.05) is 0 Å². The molecule has 3 aromatic carbocycles. The predicted molar refractivity (Wildman–Crippen MR) is 161 cm³/mol. The molecule has 4 N–H and O–H groups in total. The molecule has 0 aromatic heterocycles. The second-order valence-corrected chi connectivity index (χ2v) is 12.9. The van der Waals surface area contributed by atoms with Gasteiger partial charge in [0.05, 0.1) is 17.5 Å². The number of carbonyl (C=O) groups excluding carboxylic acids is 3. The minimum Gasteiger partial charge on any atom is -0.508 e. The molecule has 3 atom stereocenters. The normalized spacial score (nSPS) is 17.4. The summed E-state index contributed by atoms with van der Waals surface area (Å²) in [6.07, 6.45) is -6.56. The highest BCUT2D eigenvalue weighted by atomic mass is 32.2. The zero-order valence-corrected chi connectivity index (χ0v) is 25.5. The number of carbonyl (C=O) groups is 3. The van der Waals surface area contributed by atoms with Gasteiger partial charge in [-0.05, 0) is 68.7 Å². The number of nitrogens with zero attached hydrogens (tertiary/aromatic N) is 1. The minimum atomic E-state index is -4.78. The van der Waals surface area contributed by atoms with E-state index in [1.54, 1.807) is 51.1 Å². The molecule has 3 amide bonds. The molecule has 0 bridgehead atoms. The predicted octanol–water partition coefficient (Wildman–Crippen LogP) is 4.56. The first kappa shape index (κ1) is 33.8. The van der Waals surface area contributed by atoms with Crippen LogP contribution in [0.1, 0.15) is 46.5 Å². The first-order chi connectivity index (χ1) is 21.1. The number of phenolic OH excluding ortho intramolecular Hbond substituents is 1. The van der Waals surface area contributed by atoms with Crippen molar-refractivity contribution in [2.75, 3.05) is 5.88 Å². The number of aromatic hydroxyl groups is 1. The molecule has 4 rings (SSSR count). The molecule has 0 radical (unpaired) electrons. The third kappa shape index (κ3) is 7.77. The van der Waals surface area contributed by atoms with Crippen molar-refractivity contribution in [2.45, 2.75) is 62.8 Å². The van der Waals surface area contributed by atoms with E-state index in [1.165, 1.54) is 30.0 Å². The van der Waals surface area contributed by atoms with E-state index >= 15 is 0 Å². The van der Waals surface area contributed by atoms with Crippen LogP contribution in [0.3, 0.4) is 0 Å². The highest BCUT2D eigenvalue weighted by Gasteiger charge is 2.50. The van der Waals surface area contributed by atoms with Crippen LogP contribution in [-0.2, 0) is 28.7 Å². The lowest BCUT2D eigenvalue weighted by atomic mass is 9.96. The lowest BCUT2D eigenvalue weighted by molar-refractivity contribution is -0.147. The Morgan fingerprint density at radius 3 is 2.42 bits per heavy atom. The Morgan fingerprint density at radius 1 is 1.07 bits per heavy atom. The smallest absolute Gasteiger partial charge is 0.416 e. The van der Waals surface area contributed by atoms with Crippen molar-refractivity contribution >= 4 is 29.5 Å². The topological polar surface area (TPSA) is 119 Å². The van der Waals surface area contributed by atoms with Crippen LogP contribution in [0.25, 0.3) is 0 Å². The van der Waals surface area contributed by atoms with Gasteiger partial charge in [0.2, 0.25) is 5.91 Å². The highest BCUT2D eigenvalue weighted by Crippen LogP contribution is 2.40. The third-order valence-corrected chi connectivity index (χ3v) is 9.08. The van der Waals surface area contributed by atoms with E-state index in [4.69, 9.17) is 0 Å². The van der Waals surface area contributed by atoms with Gasteiger partial charge in [0.15, 0.2) is 6.10 Å². The fourth-order valence-corrected chi connectivity index (χ4v) is 6.38. The Kier molecular flexibility index (Phi) is 10.1. The van der Waals surface area contributed by atoms with Crippen LogP contribution >= 0.6 is 11.8 Å². The monoisotopic (exact) mass is 647 g/mol. The first-order valence-corrected chi connectivity index (χ1v) is 15.0. The third-order valence-electron chi connectivity index (χ3n) is 7.70. The van der Waals surface area contributed by atoms with Gasteiger partial charge in [0.1, 0.15) is 17.6 Å². The summed E-state index contributed by atoms with van der Waals surface area (Å²) in [5, 5.41) is 26.6. The Labute approximate surface area is 261 Å². The number of hydrogen-bond acceptors (Lipinski definition) is 6. The van der Waals surface area contributed by atoms with E-state index in [-0.39, 0.29) is 23.6 Å². The van der Waals surface area contributed by atoms with Gasteiger partial charge in [0, 0.05) is 22.4 Å². The second kappa shape index (κ2) is 13.5. The van der Waals surface area contributed by atoms with Gasteiger partial charge in [-0.3, -0.25) is 14.4 Å². The number of alkyl halides is 3. The average molecular weight is 648 g/mol. The maximum absolute atomic E-state index is 13.8. The van der Waals surface area contributed by atoms with Crippen molar-refractivity contribution < 1.29 is 42.2 Å². The van der Waals surface area contributed by atoms with E-state index in [0.29, 0.717) is 29.3 Å². The molecule has 3 unspecified atom stereocenters. The van der Waals surface area contributed by atoms with Crippen LogP contribution in [0.5, 0.6) is 5.75 Å². The first-order valence-electron chi connectivity index (χ1n) is 14.0. The van der Waals surface area contributed by atoms with Crippen molar-refractivity contribution in [2.24, 2.45) is 0 Å². The van der Waals surface area contributed by atoms with E-state index < -0.39 is 70.3 Å². The molecule has 1 heterocycles. The summed E-state index contributed by atoms with van der Waals surface area (Å²) in [4.78, 5) is 41.6. The van der Waals surface area contributed by atoms with Gasteiger partial charge >= 0.3 is 6.18 Å². The fourth-order valence-electron chi connectivity index (χ4n) is 5.24. The summed E-state index contributed by atoms with van der Waals surface area (Å²) >= 11 is 1.23. The van der Waals surface area contributed by atoms with E-state index in [9.17, 15) is 42.2 Å². The lowest BCUT2D eigenvalue weighted by Crippen LogP contribution is -2.58. The maximum atomic E-state index is 13.8. The Morgan fingerprint density at radius 2 is 1.76 bits per heavy atom. The summed E-state index contributed by atoms with van der Waals surface area (Å²) < 4.78 is 53.4. The number of amides is 3. The molecule has 13 heteroatoms. The Hall–Kier alpha value is -4.10. The summed E-state index contributed by atoms with van der Waals surface area (Å²) in [7, 11) is 0. The minimum absolute atomic E-state index is 0.0214. The number of thioether (sulfide) groups is 1. The van der Waals surface area contributed by atoms with E-state index in [0.717, 1.165) is 4.90 Å². The van der Waals surface area contributed by atoms with Gasteiger partial charge in [-0.15, -0.1) is 11.8 Å².